The van der Waals surface area contributed by atoms with Crippen LogP contribution in [-0.4, -0.2) is 46.6 Å². The molecule has 0 saturated heterocycles. The third-order valence-corrected chi connectivity index (χ3v) is 3.10. The summed E-state index contributed by atoms with van der Waals surface area (Å²) in [4.78, 5) is 0. The Bertz CT molecular complexity index is 132. The van der Waals surface area contributed by atoms with Crippen LogP contribution < -0.4 is 5.73 Å². The number of hydrogen-bond acceptors (Lipinski definition) is 5. The second-order valence-electron chi connectivity index (χ2n) is 2.26. The van der Waals surface area contributed by atoms with Gasteiger partial charge in [-0.1, -0.05) is 0 Å². The fourth-order valence-corrected chi connectivity index (χ4v) is 1.69. The highest BCUT2D eigenvalue weighted by molar-refractivity contribution is 7.45. The van der Waals surface area contributed by atoms with Gasteiger partial charge in [0.25, 0.3) is 0 Å². The quantitative estimate of drug-likeness (QED) is 0.375. The molecule has 0 rings (SSSR count). The molecule has 0 amide bonds. The van der Waals surface area contributed by atoms with Crippen molar-refractivity contribution in [3.8, 4) is 0 Å². The second kappa shape index (κ2) is 5.69. The lowest BCUT2D eigenvalue weighted by Gasteiger charge is -2.10. The molecule has 0 saturated carbocycles. The minimum atomic E-state index is -2.26. The van der Waals surface area contributed by atoms with Gasteiger partial charge in [-0.15, -0.1) is 0 Å². The molecule has 0 aliphatic heterocycles. The van der Waals surface area contributed by atoms with Gasteiger partial charge < -0.3 is 25.6 Å². The van der Waals surface area contributed by atoms with Crippen LogP contribution in [0.3, 0.4) is 0 Å². The van der Waals surface area contributed by atoms with Gasteiger partial charge in [0.15, 0.2) is 0 Å². The SMILES string of the molecule is NCC(O)[PH](=O)CC(O)CO. The van der Waals surface area contributed by atoms with Gasteiger partial charge in [-0.3, -0.25) is 0 Å². The lowest BCUT2D eigenvalue weighted by Crippen LogP contribution is -2.21. The first kappa shape index (κ1) is 11.1. The first-order valence-electron chi connectivity index (χ1n) is 3.31. The van der Waals surface area contributed by atoms with Crippen LogP contribution in [0.15, 0.2) is 0 Å². The van der Waals surface area contributed by atoms with Crippen molar-refractivity contribution in [2.75, 3.05) is 19.3 Å². The Labute approximate surface area is 65.6 Å². The Morgan fingerprint density at radius 3 is 2.36 bits per heavy atom. The van der Waals surface area contributed by atoms with Crippen molar-refractivity contribution in [2.24, 2.45) is 5.73 Å². The van der Waals surface area contributed by atoms with Gasteiger partial charge in [-0.05, 0) is 0 Å². The summed E-state index contributed by atoms with van der Waals surface area (Å²) in [5.41, 5.74) is 5.02. The summed E-state index contributed by atoms with van der Waals surface area (Å²) in [5.74, 6) is -1.04. The van der Waals surface area contributed by atoms with E-state index in [1.54, 1.807) is 0 Å². The van der Waals surface area contributed by atoms with Crippen LogP contribution in [0.4, 0.5) is 0 Å². The van der Waals surface area contributed by atoms with Crippen LogP contribution in [0.1, 0.15) is 0 Å². The minimum Gasteiger partial charge on any atom is -0.394 e. The molecule has 0 fully saturated rings. The number of hydrogen-bond donors (Lipinski definition) is 4. The Kier molecular flexibility index (Phi) is 5.72. The molecule has 0 spiro atoms. The minimum absolute atomic E-state index is 0.0699. The van der Waals surface area contributed by atoms with Gasteiger partial charge in [0, 0.05) is 12.7 Å². The standard InChI is InChI=1S/C5H14NO4P/c6-1-5(9)11(10)3-4(8)2-7/h4-5,7-9,11H,1-3,6H2. The first-order valence-corrected chi connectivity index (χ1v) is 5.00. The van der Waals surface area contributed by atoms with Crippen molar-refractivity contribution < 1.29 is 19.9 Å². The highest BCUT2D eigenvalue weighted by Crippen LogP contribution is 2.25. The van der Waals surface area contributed by atoms with E-state index < -0.39 is 26.4 Å². The van der Waals surface area contributed by atoms with Crippen LogP contribution >= 0.6 is 7.80 Å². The lowest BCUT2D eigenvalue weighted by molar-refractivity contribution is 0.111. The molecule has 0 aromatic heterocycles. The Hall–Kier alpha value is 0.0700. The number of rotatable bonds is 5. The van der Waals surface area contributed by atoms with Crippen molar-refractivity contribution >= 4 is 7.80 Å². The molecule has 6 heteroatoms. The molecule has 68 valence electrons. The third-order valence-electron chi connectivity index (χ3n) is 1.24. The van der Waals surface area contributed by atoms with Crippen LogP contribution in [0.5, 0.6) is 0 Å². The van der Waals surface area contributed by atoms with Gasteiger partial charge in [-0.25, -0.2) is 0 Å². The van der Waals surface area contributed by atoms with Gasteiger partial charge in [0.2, 0.25) is 0 Å². The first-order chi connectivity index (χ1) is 5.11. The van der Waals surface area contributed by atoms with Crippen LogP contribution in [0, 0.1) is 0 Å². The molecule has 3 atom stereocenters. The maximum Gasteiger partial charge on any atom is 0.116 e. The van der Waals surface area contributed by atoms with Crippen molar-refractivity contribution in [1.82, 2.24) is 0 Å². The summed E-state index contributed by atoms with van der Waals surface area (Å²) >= 11 is 0. The molecular weight excluding hydrogens is 169 g/mol. The smallest absolute Gasteiger partial charge is 0.116 e. The van der Waals surface area contributed by atoms with E-state index in [0.29, 0.717) is 0 Å². The molecule has 5 nitrogen and oxygen atoms in total. The van der Waals surface area contributed by atoms with Gasteiger partial charge in [0.05, 0.1) is 12.7 Å². The zero-order valence-corrected chi connectivity index (χ0v) is 7.10. The average Bonchev–Trinajstić information content (AvgIpc) is 2.02. The molecule has 5 N–H and O–H groups in total. The molecule has 0 aromatic carbocycles. The average molecular weight is 183 g/mol. The number of aliphatic hydroxyl groups excluding tert-OH is 3. The van der Waals surface area contributed by atoms with Crippen molar-refractivity contribution in [3.05, 3.63) is 0 Å². The maximum absolute atomic E-state index is 10.9. The van der Waals surface area contributed by atoms with Crippen molar-refractivity contribution in [3.63, 3.8) is 0 Å². The fourth-order valence-electron chi connectivity index (χ4n) is 0.564. The Morgan fingerprint density at radius 2 is 2.00 bits per heavy atom. The predicted octanol–water partition coefficient (Wildman–Crippen LogP) is -1.82. The van der Waals surface area contributed by atoms with Crippen molar-refractivity contribution in [2.45, 2.75) is 11.9 Å². The number of aliphatic hydroxyl groups is 3. The fraction of sp³-hybridized carbons (Fsp3) is 1.00. The Balaban J connectivity index is 3.68. The van der Waals surface area contributed by atoms with Crippen LogP contribution in [0.25, 0.3) is 0 Å². The molecule has 0 bridgehead atoms. The molecule has 0 aromatic rings. The molecular formula is C5H14NO4P. The highest BCUT2D eigenvalue weighted by Gasteiger charge is 2.14. The van der Waals surface area contributed by atoms with Crippen LogP contribution in [-0.2, 0) is 4.57 Å². The molecule has 0 aliphatic rings. The van der Waals surface area contributed by atoms with E-state index in [2.05, 4.69) is 0 Å². The molecule has 0 radical (unpaired) electrons. The normalized spacial score (nSPS) is 19.3. The molecule has 3 unspecified atom stereocenters. The summed E-state index contributed by atoms with van der Waals surface area (Å²) in [6.45, 7) is -0.510. The highest BCUT2D eigenvalue weighted by atomic mass is 31.1. The monoisotopic (exact) mass is 183 g/mol. The van der Waals surface area contributed by atoms with Gasteiger partial charge in [-0.2, -0.15) is 0 Å². The van der Waals surface area contributed by atoms with Gasteiger partial charge >= 0.3 is 0 Å². The van der Waals surface area contributed by atoms with E-state index in [1.807, 2.05) is 0 Å². The lowest BCUT2D eigenvalue weighted by atomic mass is 10.4. The maximum atomic E-state index is 10.9. The van der Waals surface area contributed by atoms with E-state index in [0.717, 1.165) is 0 Å². The third kappa shape index (κ3) is 4.50. The summed E-state index contributed by atoms with van der Waals surface area (Å²) < 4.78 is 10.9. The predicted molar refractivity (Wildman–Crippen MR) is 42.0 cm³/mol. The summed E-state index contributed by atoms with van der Waals surface area (Å²) in [7, 11) is -2.26. The molecule has 11 heavy (non-hydrogen) atoms. The largest absolute Gasteiger partial charge is 0.394 e. The van der Waals surface area contributed by atoms with Gasteiger partial charge in [0.1, 0.15) is 13.6 Å². The molecule has 0 aliphatic carbocycles. The van der Waals surface area contributed by atoms with E-state index >= 15 is 0 Å². The Morgan fingerprint density at radius 1 is 1.45 bits per heavy atom. The summed E-state index contributed by atoms with van der Waals surface area (Å²) in [6, 6.07) is 0. The second-order valence-corrected chi connectivity index (χ2v) is 4.27. The zero-order chi connectivity index (χ0) is 8.85. The number of nitrogens with two attached hydrogens (primary N) is 1. The van der Waals surface area contributed by atoms with Crippen molar-refractivity contribution in [1.29, 1.82) is 0 Å². The summed E-state index contributed by atoms with van der Waals surface area (Å²) in [6.07, 6.45) is -1.08. The zero-order valence-electron chi connectivity index (χ0n) is 6.10. The van der Waals surface area contributed by atoms with E-state index in [1.165, 1.54) is 0 Å². The topological polar surface area (TPSA) is 104 Å². The van der Waals surface area contributed by atoms with Crippen LogP contribution in [0.2, 0.25) is 0 Å². The molecule has 0 heterocycles. The van der Waals surface area contributed by atoms with E-state index in [-0.39, 0.29) is 12.7 Å². The van der Waals surface area contributed by atoms with E-state index in [9.17, 15) is 4.57 Å². The summed E-state index contributed by atoms with van der Waals surface area (Å²) in [5, 5.41) is 26.0. The van der Waals surface area contributed by atoms with E-state index in [4.69, 9.17) is 21.1 Å².